The Balaban J connectivity index is 1.98. The Hall–Kier alpha value is -2.09. The van der Waals surface area contributed by atoms with Crippen molar-refractivity contribution in [1.29, 1.82) is 0 Å². The quantitative estimate of drug-likeness (QED) is 0.594. The third-order valence-electron chi connectivity index (χ3n) is 3.90. The van der Waals surface area contributed by atoms with Gasteiger partial charge in [0.25, 0.3) is 5.91 Å². The van der Waals surface area contributed by atoms with Gasteiger partial charge in [-0.25, -0.2) is 13.1 Å². The molecule has 0 spiro atoms. The van der Waals surface area contributed by atoms with Gasteiger partial charge in [-0.2, -0.15) is 0 Å². The molecule has 0 saturated carbocycles. The molecule has 0 bridgehead atoms. The van der Waals surface area contributed by atoms with Crippen LogP contribution < -0.4 is 14.8 Å². The van der Waals surface area contributed by atoms with E-state index in [0.717, 1.165) is 24.0 Å². The van der Waals surface area contributed by atoms with E-state index in [0.29, 0.717) is 12.2 Å². The van der Waals surface area contributed by atoms with Gasteiger partial charge in [0.05, 0.1) is 9.92 Å². The number of sulfonamides is 1. The lowest BCUT2D eigenvalue weighted by Crippen LogP contribution is -2.24. The predicted octanol–water partition coefficient (Wildman–Crippen LogP) is 4.05. The van der Waals surface area contributed by atoms with Gasteiger partial charge < -0.3 is 10.1 Å². The van der Waals surface area contributed by atoms with Crippen LogP contribution in [0.4, 0.5) is 5.69 Å². The van der Waals surface area contributed by atoms with Crippen molar-refractivity contribution in [3.05, 3.63) is 52.5 Å². The van der Waals surface area contributed by atoms with E-state index in [9.17, 15) is 13.2 Å². The molecule has 2 rings (SSSR count). The molecule has 6 nitrogen and oxygen atoms in total. The van der Waals surface area contributed by atoms with Crippen LogP contribution in [0.15, 0.2) is 41.3 Å². The van der Waals surface area contributed by atoms with Crippen molar-refractivity contribution in [2.75, 3.05) is 18.5 Å². The number of unbranched alkanes of at least 4 members (excludes halogenated alkanes) is 1. The summed E-state index contributed by atoms with van der Waals surface area (Å²) >= 11 is 6.13. The minimum absolute atomic E-state index is 0.0561. The molecule has 0 fully saturated rings. The fourth-order valence-electron chi connectivity index (χ4n) is 2.62. The van der Waals surface area contributed by atoms with Crippen LogP contribution in [0.5, 0.6) is 5.75 Å². The van der Waals surface area contributed by atoms with Crippen LogP contribution in [0.25, 0.3) is 0 Å². The van der Waals surface area contributed by atoms with Crippen LogP contribution >= 0.6 is 11.6 Å². The maximum atomic E-state index is 12.2. The van der Waals surface area contributed by atoms with Crippen molar-refractivity contribution in [3.63, 3.8) is 0 Å². The van der Waals surface area contributed by atoms with Gasteiger partial charge in [-0.1, -0.05) is 31.0 Å². The Morgan fingerprint density at radius 3 is 2.39 bits per heavy atom. The first-order valence-electron chi connectivity index (χ1n) is 9.01. The summed E-state index contributed by atoms with van der Waals surface area (Å²) < 4.78 is 32.4. The number of carbonyl (C=O) groups is 1. The summed E-state index contributed by atoms with van der Waals surface area (Å²) in [5.74, 6) is -0.0938. The van der Waals surface area contributed by atoms with Crippen LogP contribution in [0.3, 0.4) is 0 Å². The van der Waals surface area contributed by atoms with E-state index in [-0.39, 0.29) is 28.2 Å². The van der Waals surface area contributed by atoms with Crippen LogP contribution in [0.2, 0.25) is 5.02 Å². The highest BCUT2D eigenvalue weighted by atomic mass is 35.5. The first-order chi connectivity index (χ1) is 13.2. The summed E-state index contributed by atoms with van der Waals surface area (Å²) in [6.07, 6.45) is 1.64. The van der Waals surface area contributed by atoms with E-state index in [1.54, 1.807) is 0 Å². The lowest BCUT2D eigenvalue weighted by Gasteiger charge is -2.11. The first-order valence-corrected chi connectivity index (χ1v) is 10.9. The second-order valence-corrected chi connectivity index (χ2v) is 8.73. The molecule has 2 aromatic carbocycles. The Kier molecular flexibility index (Phi) is 7.86. The average molecular weight is 425 g/mol. The van der Waals surface area contributed by atoms with E-state index < -0.39 is 10.0 Å². The monoisotopic (exact) mass is 424 g/mol. The maximum absolute atomic E-state index is 12.2. The first kappa shape index (κ1) is 22.2. The summed E-state index contributed by atoms with van der Waals surface area (Å²) in [6, 6.07) is 9.90. The van der Waals surface area contributed by atoms with Crippen molar-refractivity contribution in [1.82, 2.24) is 4.72 Å². The number of nitrogens with one attached hydrogen (secondary N) is 2. The highest BCUT2D eigenvalue weighted by Crippen LogP contribution is 2.27. The normalized spacial score (nSPS) is 11.3. The third-order valence-corrected chi connectivity index (χ3v) is 5.65. The van der Waals surface area contributed by atoms with Crippen LogP contribution in [-0.4, -0.2) is 27.5 Å². The smallest absolute Gasteiger partial charge is 0.262 e. The predicted molar refractivity (Wildman–Crippen MR) is 112 cm³/mol. The highest BCUT2D eigenvalue weighted by molar-refractivity contribution is 7.89. The number of aryl methyl sites for hydroxylation is 2. The number of amides is 1. The van der Waals surface area contributed by atoms with Gasteiger partial charge in [-0.15, -0.1) is 0 Å². The number of rotatable bonds is 9. The summed E-state index contributed by atoms with van der Waals surface area (Å²) in [5.41, 5.74) is 2.78. The van der Waals surface area contributed by atoms with E-state index in [4.69, 9.17) is 16.3 Å². The molecule has 0 aromatic heterocycles. The number of hydrogen-bond acceptors (Lipinski definition) is 4. The maximum Gasteiger partial charge on any atom is 0.262 e. The fraction of sp³-hybridized carbons (Fsp3) is 0.350. The fourth-order valence-corrected chi connectivity index (χ4v) is 4.02. The van der Waals surface area contributed by atoms with E-state index >= 15 is 0 Å². The number of anilines is 1. The van der Waals surface area contributed by atoms with Crippen LogP contribution in [0.1, 0.15) is 30.9 Å². The molecule has 0 aliphatic heterocycles. The zero-order valence-corrected chi connectivity index (χ0v) is 17.8. The molecule has 2 N–H and O–H groups in total. The molecule has 28 heavy (non-hydrogen) atoms. The Morgan fingerprint density at radius 2 is 1.79 bits per heavy atom. The van der Waals surface area contributed by atoms with Crippen molar-refractivity contribution >= 4 is 33.2 Å². The molecule has 8 heteroatoms. The van der Waals surface area contributed by atoms with E-state index in [1.165, 1.54) is 18.2 Å². The van der Waals surface area contributed by atoms with Crippen LogP contribution in [-0.2, 0) is 14.8 Å². The van der Waals surface area contributed by atoms with Gasteiger partial charge in [-0.3, -0.25) is 4.79 Å². The number of hydrogen-bond donors (Lipinski definition) is 2. The second kappa shape index (κ2) is 9.91. The Bertz CT molecular complexity index is 925. The SMILES string of the molecule is CCCCNS(=O)(=O)c1ccc(OCC(=O)Nc2cc(C)cc(C)c2)c(Cl)c1. The summed E-state index contributed by atoms with van der Waals surface area (Å²) in [4.78, 5) is 12.2. The zero-order valence-electron chi connectivity index (χ0n) is 16.2. The lowest BCUT2D eigenvalue weighted by molar-refractivity contribution is -0.118. The van der Waals surface area contributed by atoms with Crippen molar-refractivity contribution in [2.24, 2.45) is 0 Å². The highest BCUT2D eigenvalue weighted by Gasteiger charge is 2.16. The molecule has 152 valence electrons. The minimum atomic E-state index is -3.62. The Labute approximate surface area is 171 Å². The van der Waals surface area contributed by atoms with Gasteiger partial charge in [0.15, 0.2) is 6.61 Å². The molecule has 0 atom stereocenters. The van der Waals surface area contributed by atoms with Crippen molar-refractivity contribution in [3.8, 4) is 5.75 Å². The summed E-state index contributed by atoms with van der Waals surface area (Å²) in [6.45, 7) is 6.01. The van der Waals surface area contributed by atoms with Gasteiger partial charge in [0.2, 0.25) is 10.0 Å². The number of ether oxygens (including phenoxy) is 1. The summed E-state index contributed by atoms with van der Waals surface area (Å²) in [7, 11) is -3.62. The minimum Gasteiger partial charge on any atom is -0.482 e. The van der Waals surface area contributed by atoms with Crippen molar-refractivity contribution < 1.29 is 17.9 Å². The number of halogens is 1. The largest absolute Gasteiger partial charge is 0.482 e. The molecular weight excluding hydrogens is 400 g/mol. The standard InChI is InChI=1S/C20H25ClN2O4S/c1-4-5-8-22-28(25,26)17-6-7-19(18(21)12-17)27-13-20(24)23-16-10-14(2)9-15(3)11-16/h6-7,9-12,22H,4-5,8,13H2,1-3H3,(H,23,24). The molecule has 0 saturated heterocycles. The summed E-state index contributed by atoms with van der Waals surface area (Å²) in [5, 5.41) is 2.89. The molecule has 0 heterocycles. The van der Waals surface area contributed by atoms with Gasteiger partial charge >= 0.3 is 0 Å². The van der Waals surface area contributed by atoms with E-state index in [2.05, 4.69) is 10.0 Å². The van der Waals surface area contributed by atoms with Crippen molar-refractivity contribution in [2.45, 2.75) is 38.5 Å². The van der Waals surface area contributed by atoms with E-state index in [1.807, 2.05) is 39.0 Å². The molecule has 0 aliphatic rings. The Morgan fingerprint density at radius 1 is 1.11 bits per heavy atom. The zero-order chi connectivity index (χ0) is 20.7. The topological polar surface area (TPSA) is 84.5 Å². The number of benzene rings is 2. The molecule has 0 aliphatic carbocycles. The number of carbonyl (C=O) groups excluding carboxylic acids is 1. The molecule has 0 unspecified atom stereocenters. The molecular formula is C20H25ClN2O4S. The van der Waals surface area contributed by atoms with Gasteiger partial charge in [-0.05, 0) is 61.7 Å². The van der Waals surface area contributed by atoms with Gasteiger partial charge in [0.1, 0.15) is 5.75 Å². The lowest BCUT2D eigenvalue weighted by atomic mass is 10.1. The molecule has 1 amide bonds. The van der Waals surface area contributed by atoms with Crippen LogP contribution in [0, 0.1) is 13.8 Å². The second-order valence-electron chi connectivity index (χ2n) is 6.56. The average Bonchev–Trinajstić information content (AvgIpc) is 2.59. The molecule has 2 aromatic rings. The van der Waals surface area contributed by atoms with Gasteiger partial charge in [0, 0.05) is 12.2 Å². The third kappa shape index (κ3) is 6.51. The molecule has 0 radical (unpaired) electrons.